The number of nitrogens with zero attached hydrogens (tertiary/aromatic N) is 2. The first-order chi connectivity index (χ1) is 25.7. The number of anilines is 3. The Morgan fingerprint density at radius 1 is 0.462 bits per heavy atom. The second kappa shape index (κ2) is 13.4. The van der Waals surface area contributed by atoms with E-state index in [1.165, 1.54) is 5.56 Å². The van der Waals surface area contributed by atoms with E-state index in [0.717, 1.165) is 78.1 Å². The first-order valence-corrected chi connectivity index (χ1v) is 17.4. The van der Waals surface area contributed by atoms with Crippen LogP contribution >= 0.6 is 0 Å². The van der Waals surface area contributed by atoms with Gasteiger partial charge in [-0.1, -0.05) is 127 Å². The molecule has 0 N–H and O–H groups in total. The Balaban J connectivity index is 1.16. The summed E-state index contributed by atoms with van der Waals surface area (Å²) in [5.74, 6) is 1.47. The van der Waals surface area contributed by atoms with Crippen molar-refractivity contribution in [2.24, 2.45) is 0 Å². The summed E-state index contributed by atoms with van der Waals surface area (Å²) in [5.41, 5.74) is 12.3. The summed E-state index contributed by atoms with van der Waals surface area (Å²) in [5, 5.41) is 2.16. The molecule has 0 bridgehead atoms. The van der Waals surface area contributed by atoms with E-state index in [1.807, 2.05) is 54.6 Å². The SMILES string of the molecule is COc1ccccc1-c1ccc(N(c2ccc(-c3cc4ccccc4c4oc(-c5ccccc5)nc34)cc2)c2cccc(-c3ccccc3)c2)cc1. The van der Waals surface area contributed by atoms with Crippen molar-refractivity contribution in [3.63, 3.8) is 0 Å². The summed E-state index contributed by atoms with van der Waals surface area (Å²) >= 11 is 0. The van der Waals surface area contributed by atoms with Crippen molar-refractivity contribution < 1.29 is 9.15 Å². The predicted octanol–water partition coefficient (Wildman–Crippen LogP) is 13.1. The van der Waals surface area contributed by atoms with Gasteiger partial charge in [0.1, 0.15) is 11.3 Å². The average molecular weight is 671 g/mol. The van der Waals surface area contributed by atoms with Gasteiger partial charge in [-0.2, -0.15) is 0 Å². The minimum absolute atomic E-state index is 0.617. The molecule has 1 heterocycles. The maximum atomic E-state index is 6.48. The van der Waals surface area contributed by atoms with Gasteiger partial charge in [-0.15, -0.1) is 0 Å². The first-order valence-electron chi connectivity index (χ1n) is 17.4. The highest BCUT2D eigenvalue weighted by atomic mass is 16.5. The molecule has 52 heavy (non-hydrogen) atoms. The number of methoxy groups -OCH3 is 1. The highest BCUT2D eigenvalue weighted by Gasteiger charge is 2.19. The summed E-state index contributed by atoms with van der Waals surface area (Å²) < 4.78 is 12.2. The van der Waals surface area contributed by atoms with Gasteiger partial charge < -0.3 is 14.1 Å². The third-order valence-corrected chi connectivity index (χ3v) is 9.60. The van der Waals surface area contributed by atoms with Crippen LogP contribution in [0.5, 0.6) is 5.75 Å². The molecular formula is C48H34N2O2. The van der Waals surface area contributed by atoms with E-state index >= 15 is 0 Å². The highest BCUT2D eigenvalue weighted by molar-refractivity contribution is 6.10. The number of ether oxygens (including phenoxy) is 1. The van der Waals surface area contributed by atoms with E-state index in [0.29, 0.717) is 5.89 Å². The van der Waals surface area contributed by atoms with Crippen molar-refractivity contribution >= 4 is 38.9 Å². The number of rotatable bonds is 8. The Morgan fingerprint density at radius 3 is 1.77 bits per heavy atom. The van der Waals surface area contributed by atoms with Gasteiger partial charge in [0.05, 0.1) is 7.11 Å². The molecule has 9 rings (SSSR count). The Hall–Kier alpha value is -6.91. The Morgan fingerprint density at radius 2 is 1.06 bits per heavy atom. The van der Waals surface area contributed by atoms with Crippen molar-refractivity contribution in [3.05, 3.63) is 188 Å². The zero-order valence-electron chi connectivity index (χ0n) is 28.6. The van der Waals surface area contributed by atoms with Crippen molar-refractivity contribution in [1.82, 2.24) is 4.98 Å². The lowest BCUT2D eigenvalue weighted by molar-refractivity contribution is 0.416. The molecule has 248 valence electrons. The summed E-state index contributed by atoms with van der Waals surface area (Å²) in [4.78, 5) is 7.37. The number of para-hydroxylation sites is 1. The molecule has 1 aromatic heterocycles. The summed E-state index contributed by atoms with van der Waals surface area (Å²) in [6.45, 7) is 0. The Labute approximate surface area is 302 Å². The van der Waals surface area contributed by atoms with Crippen LogP contribution in [0.1, 0.15) is 0 Å². The highest BCUT2D eigenvalue weighted by Crippen LogP contribution is 2.41. The van der Waals surface area contributed by atoms with Crippen LogP contribution in [0.15, 0.2) is 192 Å². The standard InChI is InChI=1S/C48H34N2O2/c1-51-45-22-11-10-20-42(45)34-23-27-39(28-24-34)50(41-19-12-18-37(31-41)33-13-4-2-5-14-33)40-29-25-35(26-30-40)44-32-38-17-8-9-21-43(38)47-46(44)49-48(52-47)36-15-6-3-7-16-36/h2-32H,1H3. The number of hydrogen-bond donors (Lipinski definition) is 0. The van der Waals surface area contributed by atoms with Gasteiger partial charge in [-0.05, 0) is 88.3 Å². The largest absolute Gasteiger partial charge is 0.496 e. The number of hydrogen-bond acceptors (Lipinski definition) is 4. The summed E-state index contributed by atoms with van der Waals surface area (Å²) in [6.07, 6.45) is 0. The average Bonchev–Trinajstić information content (AvgIpc) is 3.68. The molecule has 0 fully saturated rings. The maximum Gasteiger partial charge on any atom is 0.227 e. The molecule has 0 unspecified atom stereocenters. The van der Waals surface area contributed by atoms with Gasteiger partial charge in [-0.3, -0.25) is 0 Å². The maximum absolute atomic E-state index is 6.48. The lowest BCUT2D eigenvalue weighted by Crippen LogP contribution is -2.10. The Bertz CT molecular complexity index is 2650. The van der Waals surface area contributed by atoms with Crippen molar-refractivity contribution in [2.75, 3.05) is 12.0 Å². The minimum Gasteiger partial charge on any atom is -0.496 e. The number of fused-ring (bicyclic) bond motifs is 3. The molecule has 0 saturated carbocycles. The van der Waals surface area contributed by atoms with Gasteiger partial charge in [0, 0.05) is 39.1 Å². The van der Waals surface area contributed by atoms with Crippen LogP contribution in [0.4, 0.5) is 17.1 Å². The van der Waals surface area contributed by atoms with Crippen LogP contribution in [-0.4, -0.2) is 12.1 Å². The lowest BCUT2D eigenvalue weighted by Gasteiger charge is -2.26. The third kappa shape index (κ3) is 5.76. The topological polar surface area (TPSA) is 38.5 Å². The fourth-order valence-corrected chi connectivity index (χ4v) is 7.03. The van der Waals surface area contributed by atoms with E-state index in [9.17, 15) is 0 Å². The van der Waals surface area contributed by atoms with Crippen molar-refractivity contribution in [1.29, 1.82) is 0 Å². The van der Waals surface area contributed by atoms with E-state index < -0.39 is 0 Å². The van der Waals surface area contributed by atoms with E-state index in [2.05, 4.69) is 138 Å². The lowest BCUT2D eigenvalue weighted by atomic mass is 9.98. The third-order valence-electron chi connectivity index (χ3n) is 9.60. The first kappa shape index (κ1) is 31.1. The minimum atomic E-state index is 0.617. The zero-order valence-corrected chi connectivity index (χ0v) is 28.6. The van der Waals surface area contributed by atoms with E-state index in [1.54, 1.807) is 7.11 Å². The van der Waals surface area contributed by atoms with Crippen LogP contribution in [0, 0.1) is 0 Å². The van der Waals surface area contributed by atoms with Crippen LogP contribution in [-0.2, 0) is 0 Å². The smallest absolute Gasteiger partial charge is 0.227 e. The summed E-state index contributed by atoms with van der Waals surface area (Å²) in [7, 11) is 1.71. The van der Waals surface area contributed by atoms with Gasteiger partial charge in [0.15, 0.2) is 5.58 Å². The normalized spacial score (nSPS) is 11.2. The number of oxazole rings is 1. The summed E-state index contributed by atoms with van der Waals surface area (Å²) in [6, 6.07) is 65.5. The second-order valence-electron chi connectivity index (χ2n) is 12.8. The van der Waals surface area contributed by atoms with Crippen molar-refractivity contribution in [2.45, 2.75) is 0 Å². The molecular weight excluding hydrogens is 637 g/mol. The molecule has 4 nitrogen and oxygen atoms in total. The fraction of sp³-hybridized carbons (Fsp3) is 0.0208. The molecule has 0 radical (unpaired) electrons. The van der Waals surface area contributed by atoms with E-state index in [4.69, 9.17) is 14.1 Å². The van der Waals surface area contributed by atoms with Crippen LogP contribution in [0.25, 0.3) is 66.7 Å². The Kier molecular flexibility index (Phi) is 8.03. The molecule has 0 amide bonds. The molecule has 9 aromatic rings. The monoisotopic (exact) mass is 670 g/mol. The van der Waals surface area contributed by atoms with Gasteiger partial charge in [0.2, 0.25) is 5.89 Å². The van der Waals surface area contributed by atoms with E-state index in [-0.39, 0.29) is 0 Å². The quantitative estimate of drug-likeness (QED) is 0.161. The van der Waals surface area contributed by atoms with Crippen LogP contribution in [0.3, 0.4) is 0 Å². The number of benzene rings is 8. The molecule has 0 saturated heterocycles. The van der Waals surface area contributed by atoms with Gasteiger partial charge in [-0.25, -0.2) is 4.98 Å². The molecule has 0 atom stereocenters. The van der Waals surface area contributed by atoms with Gasteiger partial charge >= 0.3 is 0 Å². The number of aromatic nitrogens is 1. The van der Waals surface area contributed by atoms with Crippen LogP contribution in [0.2, 0.25) is 0 Å². The zero-order chi connectivity index (χ0) is 34.9. The molecule has 8 aromatic carbocycles. The molecule has 4 heteroatoms. The molecule has 0 aliphatic rings. The van der Waals surface area contributed by atoms with Crippen LogP contribution < -0.4 is 9.64 Å². The fourth-order valence-electron chi connectivity index (χ4n) is 7.03. The second-order valence-corrected chi connectivity index (χ2v) is 12.8. The predicted molar refractivity (Wildman–Crippen MR) is 214 cm³/mol. The van der Waals surface area contributed by atoms with Crippen molar-refractivity contribution in [3.8, 4) is 50.6 Å². The van der Waals surface area contributed by atoms with Gasteiger partial charge in [0.25, 0.3) is 0 Å². The molecule has 0 spiro atoms. The molecule has 0 aliphatic heterocycles. The molecule has 0 aliphatic carbocycles.